The van der Waals surface area contributed by atoms with E-state index in [9.17, 15) is 37.2 Å². The number of likely N-dealkylation sites (N-methyl/N-ethyl adjacent to an activating group) is 2. The zero-order chi connectivity index (χ0) is 49.3. The second kappa shape index (κ2) is 23.0. The number of rotatable bonds is 21. The molecule has 66 heavy (non-hydrogen) atoms. The summed E-state index contributed by atoms with van der Waals surface area (Å²) >= 11 is 1.42. The van der Waals surface area contributed by atoms with Crippen molar-refractivity contribution in [1.29, 1.82) is 0 Å². The van der Waals surface area contributed by atoms with Crippen molar-refractivity contribution >= 4 is 57.1 Å². The Morgan fingerprint density at radius 3 is 2.09 bits per heavy atom. The van der Waals surface area contributed by atoms with Crippen molar-refractivity contribution in [3.05, 3.63) is 71.3 Å². The number of ether oxygens (including phenoxy) is 1. The number of Topliss-reactive ketones (excluding diaryl/α,β-unsaturated/α-hetero) is 1. The van der Waals surface area contributed by atoms with Crippen molar-refractivity contribution in [2.24, 2.45) is 23.2 Å². The zero-order valence-electron chi connectivity index (χ0n) is 41.0. The van der Waals surface area contributed by atoms with E-state index in [-0.39, 0.29) is 58.3 Å². The number of likely N-dealkylation sites (tertiary alicyclic amines) is 1. The van der Waals surface area contributed by atoms with Gasteiger partial charge in [-0.25, -0.2) is 13.1 Å². The summed E-state index contributed by atoms with van der Waals surface area (Å²) in [5, 5.41) is 5.76. The number of nitrogens with one attached hydrogen (secondary N) is 3. The van der Waals surface area contributed by atoms with Crippen LogP contribution in [-0.2, 0) is 44.2 Å². The molecule has 16 heteroatoms. The van der Waals surface area contributed by atoms with Gasteiger partial charge in [-0.2, -0.15) is 0 Å². The monoisotopic (exact) mass is 951 g/mol. The molecule has 1 heterocycles. The predicted octanol–water partition coefficient (Wildman–Crippen LogP) is 6.35. The minimum atomic E-state index is -4.13. The molecule has 0 spiro atoms. The van der Waals surface area contributed by atoms with Crippen LogP contribution in [0.4, 0.5) is 0 Å². The van der Waals surface area contributed by atoms with E-state index in [1.807, 2.05) is 86.6 Å². The molecular formula is C50H73N5O9S2. The van der Waals surface area contributed by atoms with Crippen LogP contribution in [0.1, 0.15) is 112 Å². The predicted molar refractivity (Wildman–Crippen MR) is 259 cm³/mol. The molecule has 4 rings (SSSR count). The Morgan fingerprint density at radius 2 is 1.55 bits per heavy atom. The highest BCUT2D eigenvalue weighted by Crippen LogP contribution is 2.34. The third-order valence-electron chi connectivity index (χ3n) is 13.1. The van der Waals surface area contributed by atoms with Gasteiger partial charge in [0.15, 0.2) is 0 Å². The van der Waals surface area contributed by atoms with Crippen molar-refractivity contribution in [2.75, 3.05) is 33.0 Å². The highest BCUT2D eigenvalue weighted by Gasteiger charge is 2.43. The second-order valence-electron chi connectivity index (χ2n) is 19.8. The fourth-order valence-corrected chi connectivity index (χ4v) is 10.8. The number of ketones is 1. The number of amides is 5. The van der Waals surface area contributed by atoms with Crippen LogP contribution >= 0.6 is 11.8 Å². The molecule has 2 aromatic rings. The Balaban J connectivity index is 1.34. The summed E-state index contributed by atoms with van der Waals surface area (Å²) in [6.45, 7) is 19.2. The van der Waals surface area contributed by atoms with Gasteiger partial charge in [0, 0.05) is 49.1 Å². The van der Waals surface area contributed by atoms with Gasteiger partial charge >= 0.3 is 0 Å². The van der Waals surface area contributed by atoms with Crippen molar-refractivity contribution in [1.82, 2.24) is 25.2 Å². The topological polar surface area (TPSA) is 188 Å². The third kappa shape index (κ3) is 13.8. The molecule has 0 radical (unpaired) electrons. The van der Waals surface area contributed by atoms with Gasteiger partial charge in [0.1, 0.15) is 17.6 Å². The molecule has 14 nitrogen and oxygen atoms in total. The van der Waals surface area contributed by atoms with Crippen molar-refractivity contribution in [3.63, 3.8) is 0 Å². The number of carbonyl (C=O) groups is 6. The zero-order valence-corrected chi connectivity index (χ0v) is 42.6. The molecule has 364 valence electrons. The van der Waals surface area contributed by atoms with E-state index in [1.54, 1.807) is 32.3 Å². The molecule has 0 bridgehead atoms. The summed E-state index contributed by atoms with van der Waals surface area (Å²) in [6, 6.07) is 11.2. The van der Waals surface area contributed by atoms with E-state index in [2.05, 4.69) is 15.4 Å². The Hall–Kier alpha value is -4.54. The number of hydrogen-bond donors (Lipinski definition) is 3. The maximum atomic E-state index is 14.4. The van der Waals surface area contributed by atoms with E-state index in [1.165, 1.54) is 40.6 Å². The minimum Gasteiger partial charge on any atom is -0.493 e. The van der Waals surface area contributed by atoms with Gasteiger partial charge in [0.25, 0.3) is 15.9 Å². The summed E-state index contributed by atoms with van der Waals surface area (Å²) in [7, 11) is -0.827. The maximum Gasteiger partial charge on any atom is 0.264 e. The minimum absolute atomic E-state index is 0.0407. The van der Waals surface area contributed by atoms with Gasteiger partial charge in [-0.15, -0.1) is 11.8 Å². The van der Waals surface area contributed by atoms with Crippen LogP contribution in [0.15, 0.2) is 65.1 Å². The Kier molecular flexibility index (Phi) is 18.8. The third-order valence-corrected chi connectivity index (χ3v) is 15.6. The van der Waals surface area contributed by atoms with Crippen LogP contribution < -0.4 is 20.1 Å². The summed E-state index contributed by atoms with van der Waals surface area (Å²) in [5.74, 6) is -0.252. The van der Waals surface area contributed by atoms with E-state index in [4.69, 9.17) is 4.74 Å². The quantitative estimate of drug-likeness (QED) is 0.0719. The number of thioether (sulfide) groups is 1. The average Bonchev–Trinajstić information content (AvgIpc) is 3.52. The molecule has 2 aliphatic rings. The number of imide groups is 1. The normalized spacial score (nSPS) is 19.9. The average molecular weight is 952 g/mol. The van der Waals surface area contributed by atoms with Gasteiger partial charge < -0.3 is 20.3 Å². The van der Waals surface area contributed by atoms with Crippen molar-refractivity contribution < 1.29 is 41.9 Å². The first kappa shape index (κ1) is 54.1. The lowest BCUT2D eigenvalue weighted by Gasteiger charge is -2.40. The first-order chi connectivity index (χ1) is 30.8. The van der Waals surface area contributed by atoms with E-state index >= 15 is 0 Å². The smallest absolute Gasteiger partial charge is 0.264 e. The molecule has 1 unspecified atom stereocenters. The largest absolute Gasteiger partial charge is 0.493 e. The molecule has 0 aromatic heterocycles. The van der Waals surface area contributed by atoms with Crippen LogP contribution in [0.3, 0.4) is 0 Å². The Bertz CT molecular complexity index is 2190. The lowest BCUT2D eigenvalue weighted by atomic mass is 9.76. The maximum absolute atomic E-state index is 14.4. The number of benzene rings is 2. The van der Waals surface area contributed by atoms with Crippen molar-refractivity contribution in [2.45, 2.75) is 141 Å². The molecule has 2 aromatic carbocycles. The molecule has 1 saturated carbocycles. The van der Waals surface area contributed by atoms with Gasteiger partial charge in [-0.1, -0.05) is 91.3 Å². The molecule has 3 N–H and O–H groups in total. The van der Waals surface area contributed by atoms with Crippen LogP contribution in [-0.4, -0.2) is 110 Å². The molecule has 5 amide bonds. The number of hydrogen-bond acceptors (Lipinski definition) is 11. The Morgan fingerprint density at radius 1 is 0.939 bits per heavy atom. The highest BCUT2D eigenvalue weighted by atomic mass is 32.2. The van der Waals surface area contributed by atoms with Gasteiger partial charge in [-0.05, 0) is 93.7 Å². The van der Waals surface area contributed by atoms with Gasteiger partial charge in [0.2, 0.25) is 23.6 Å². The molecule has 2 fully saturated rings. The van der Waals surface area contributed by atoms with Crippen LogP contribution in [0.25, 0.3) is 0 Å². The van der Waals surface area contributed by atoms with E-state index < -0.39 is 50.1 Å². The van der Waals surface area contributed by atoms with E-state index in [0.29, 0.717) is 36.9 Å². The fraction of sp³-hybridized carbons (Fsp3) is 0.600. The lowest BCUT2D eigenvalue weighted by molar-refractivity contribution is -0.141. The number of sulfonamides is 1. The second-order valence-corrected chi connectivity index (χ2v) is 22.8. The number of aryl methyl sites for hydroxylation is 1. The first-order valence-corrected chi connectivity index (χ1v) is 25.6. The fourth-order valence-electron chi connectivity index (χ4n) is 8.79. The van der Waals surface area contributed by atoms with Gasteiger partial charge in [-0.3, -0.25) is 33.7 Å². The first-order valence-electron chi connectivity index (χ1n) is 23.1. The van der Waals surface area contributed by atoms with E-state index in [0.717, 1.165) is 36.8 Å². The van der Waals surface area contributed by atoms with Crippen LogP contribution in [0.2, 0.25) is 0 Å². The number of nitrogens with zero attached hydrogens (tertiary/aromatic N) is 2. The molecule has 1 aliphatic heterocycles. The molecule has 1 saturated heterocycles. The Labute approximate surface area is 397 Å². The summed E-state index contributed by atoms with van der Waals surface area (Å²) in [5.41, 5.74) is 0.352. The SMILES string of the molecule is CCC(=O)C1CCC(CN2C(=O)CC(SCCOc3ccc(C(C)(C)[C@H](NC)C(=O)N[C@H](C(=O)N(C)[C@H](/C=C(\C)C(=O)NS(=O)(=O)c4ccc(C)cc4)C(C)C)C(C)(C)C)cc3)C2=O)CC1. The van der Waals surface area contributed by atoms with Gasteiger partial charge in [0.05, 0.1) is 28.8 Å². The lowest BCUT2D eigenvalue weighted by Crippen LogP contribution is -2.61. The highest BCUT2D eigenvalue weighted by molar-refractivity contribution is 8.00. The summed E-state index contributed by atoms with van der Waals surface area (Å²) in [4.78, 5) is 82.8. The number of carbonyl (C=O) groups excluding carboxylic acids is 6. The standard InChI is InChI=1S/C50H73N5O9S2/c1-13-40(56)35-18-16-34(17-19-35)30-55-42(57)29-41(47(55)60)65-27-26-64-37-22-20-36(21-23-37)50(9,10)43(51-11)46(59)52-44(49(6,7)8)48(61)54(12)39(31(2)3)28-33(5)45(58)53-66(62,63)38-24-14-32(4)15-25-38/h14-15,20-25,28,31,34-35,39,41,43-44,51H,13,16-19,26-27,29-30H2,1-12H3,(H,52,59)(H,53,58)/b33-28+/t34?,35?,39-,41?,43-,44-/m1/s1. The summed E-state index contributed by atoms with van der Waals surface area (Å²) in [6.07, 6.45) is 5.67. The molecule has 4 atom stereocenters. The van der Waals surface area contributed by atoms with Crippen LogP contribution in [0.5, 0.6) is 5.75 Å². The molecule has 1 aliphatic carbocycles. The van der Waals surface area contributed by atoms with Crippen molar-refractivity contribution in [3.8, 4) is 5.75 Å². The summed E-state index contributed by atoms with van der Waals surface area (Å²) < 4.78 is 34.1. The molecular weight excluding hydrogens is 879 g/mol. The van der Waals surface area contributed by atoms with Crippen LogP contribution in [0, 0.1) is 30.1 Å².